The number of oxazole rings is 2. The van der Waals surface area contributed by atoms with E-state index in [-0.39, 0.29) is 0 Å². The fraction of sp³-hybridized carbons (Fsp3) is 0.258. The van der Waals surface area contributed by atoms with Crippen molar-refractivity contribution in [3.63, 3.8) is 0 Å². The predicted molar refractivity (Wildman–Crippen MR) is 151 cm³/mol. The third kappa shape index (κ3) is 5.36. The number of hydrogen-bond acceptors (Lipinski definition) is 8. The van der Waals surface area contributed by atoms with Crippen molar-refractivity contribution in [2.24, 2.45) is 0 Å². The number of anilines is 3. The summed E-state index contributed by atoms with van der Waals surface area (Å²) in [5.74, 6) is 0.586. The molecule has 0 aliphatic heterocycles. The van der Waals surface area contributed by atoms with E-state index in [1.54, 1.807) is 4.90 Å². The van der Waals surface area contributed by atoms with Crippen molar-refractivity contribution in [3.05, 3.63) is 95.7 Å². The highest BCUT2D eigenvalue weighted by atomic mass is 16.4. The fourth-order valence-electron chi connectivity index (χ4n) is 4.82. The zero-order chi connectivity index (χ0) is 26.4. The molecule has 0 aliphatic rings. The van der Waals surface area contributed by atoms with E-state index in [0.717, 1.165) is 54.4 Å². The zero-order valence-corrected chi connectivity index (χ0v) is 22.0. The molecule has 0 atom stereocenters. The molecule has 3 heterocycles. The number of hydrogen-bond donors (Lipinski definition) is 0. The van der Waals surface area contributed by atoms with Crippen molar-refractivity contribution < 1.29 is 8.83 Å². The third-order valence-electron chi connectivity index (χ3n) is 6.86. The number of para-hydroxylation sites is 4. The molecule has 0 radical (unpaired) electrons. The standard InChI is InChI=1S/C31H30N6O2/c1-2-3-4-8-15-23-24(21-20-22-13-6-5-7-14-22)34-36-35-29(23)37(30-32-25-16-9-11-18-27(25)38-30)31-33-26-17-10-12-19-28(26)39-31/h5-7,9-14,16-19H,2-4,8,15,20-21H2,1H3. The maximum Gasteiger partial charge on any atom is 0.312 e. The van der Waals surface area contributed by atoms with Crippen LogP contribution in [0.4, 0.5) is 17.8 Å². The minimum Gasteiger partial charge on any atom is -0.423 e. The lowest BCUT2D eigenvalue weighted by Gasteiger charge is -2.19. The fourth-order valence-corrected chi connectivity index (χ4v) is 4.82. The lowest BCUT2D eigenvalue weighted by Crippen LogP contribution is -2.18. The number of unbranched alkanes of at least 4 members (excludes halogenated alkanes) is 3. The molecule has 0 bridgehead atoms. The summed E-state index contributed by atoms with van der Waals surface area (Å²) in [5, 5.41) is 13.3. The molecule has 0 unspecified atom stereocenters. The van der Waals surface area contributed by atoms with Crippen molar-refractivity contribution >= 4 is 40.0 Å². The van der Waals surface area contributed by atoms with Crippen molar-refractivity contribution in [1.29, 1.82) is 0 Å². The molecule has 6 rings (SSSR count). The van der Waals surface area contributed by atoms with Crippen LogP contribution in [0.3, 0.4) is 0 Å². The van der Waals surface area contributed by atoms with E-state index in [9.17, 15) is 0 Å². The third-order valence-corrected chi connectivity index (χ3v) is 6.86. The molecule has 196 valence electrons. The maximum absolute atomic E-state index is 6.23. The van der Waals surface area contributed by atoms with Gasteiger partial charge >= 0.3 is 12.0 Å². The van der Waals surface area contributed by atoms with Gasteiger partial charge in [-0.05, 0) is 60.7 Å². The van der Waals surface area contributed by atoms with Crippen molar-refractivity contribution in [1.82, 2.24) is 25.4 Å². The van der Waals surface area contributed by atoms with Crippen LogP contribution in [-0.4, -0.2) is 25.4 Å². The molecule has 0 N–H and O–H groups in total. The quantitative estimate of drug-likeness (QED) is 0.162. The van der Waals surface area contributed by atoms with E-state index in [0.29, 0.717) is 29.0 Å². The lowest BCUT2D eigenvalue weighted by molar-refractivity contribution is 0.560. The van der Waals surface area contributed by atoms with Crippen LogP contribution in [0.15, 0.2) is 87.7 Å². The van der Waals surface area contributed by atoms with Gasteiger partial charge in [0.1, 0.15) is 11.0 Å². The Bertz CT molecular complexity index is 1540. The minimum atomic E-state index is 0.326. The highest BCUT2D eigenvalue weighted by Crippen LogP contribution is 2.38. The first-order chi connectivity index (χ1) is 19.3. The van der Waals surface area contributed by atoms with Crippen LogP contribution in [0.1, 0.15) is 49.4 Å². The molecule has 0 spiro atoms. The Morgan fingerprint density at radius 1 is 0.641 bits per heavy atom. The molecular formula is C31H30N6O2. The number of fused-ring (bicyclic) bond motifs is 2. The van der Waals surface area contributed by atoms with Gasteiger partial charge in [0.05, 0.1) is 5.69 Å². The van der Waals surface area contributed by atoms with E-state index in [1.807, 2.05) is 54.6 Å². The topological polar surface area (TPSA) is 94.0 Å². The number of aromatic nitrogens is 5. The Hall–Kier alpha value is -4.59. The number of nitrogens with zero attached hydrogens (tertiary/aromatic N) is 6. The molecule has 39 heavy (non-hydrogen) atoms. The van der Waals surface area contributed by atoms with Gasteiger partial charge in [0.15, 0.2) is 17.0 Å². The Morgan fingerprint density at radius 2 is 1.28 bits per heavy atom. The van der Waals surface area contributed by atoms with E-state index in [2.05, 4.69) is 46.6 Å². The first-order valence-electron chi connectivity index (χ1n) is 13.6. The van der Waals surface area contributed by atoms with E-state index in [1.165, 1.54) is 18.4 Å². The second kappa shape index (κ2) is 11.4. The van der Waals surface area contributed by atoms with Gasteiger partial charge in [-0.25, -0.2) is 0 Å². The van der Waals surface area contributed by atoms with Crippen LogP contribution in [-0.2, 0) is 19.3 Å². The average Bonchev–Trinajstić information content (AvgIpc) is 3.60. The molecule has 0 aliphatic carbocycles. The molecule has 3 aromatic carbocycles. The van der Waals surface area contributed by atoms with Crippen molar-refractivity contribution in [2.45, 2.75) is 51.9 Å². The van der Waals surface area contributed by atoms with Crippen LogP contribution >= 0.6 is 0 Å². The average molecular weight is 519 g/mol. The first kappa shape index (κ1) is 24.7. The Labute approximate surface area is 226 Å². The first-order valence-corrected chi connectivity index (χ1v) is 13.6. The highest BCUT2D eigenvalue weighted by Gasteiger charge is 2.29. The minimum absolute atomic E-state index is 0.326. The van der Waals surface area contributed by atoms with Crippen LogP contribution < -0.4 is 4.90 Å². The molecule has 3 aromatic heterocycles. The van der Waals surface area contributed by atoms with Gasteiger partial charge in [-0.15, -0.1) is 10.2 Å². The van der Waals surface area contributed by atoms with Crippen LogP contribution in [0.5, 0.6) is 0 Å². The van der Waals surface area contributed by atoms with E-state index in [4.69, 9.17) is 18.8 Å². The molecule has 6 aromatic rings. The second-order valence-corrected chi connectivity index (χ2v) is 9.60. The van der Waals surface area contributed by atoms with E-state index >= 15 is 0 Å². The van der Waals surface area contributed by atoms with Gasteiger partial charge < -0.3 is 8.83 Å². The van der Waals surface area contributed by atoms with Crippen LogP contribution in [0.2, 0.25) is 0 Å². The van der Waals surface area contributed by atoms with Gasteiger partial charge in [-0.1, -0.05) is 80.8 Å². The summed E-state index contributed by atoms with van der Waals surface area (Å²) < 4.78 is 12.5. The van der Waals surface area contributed by atoms with Crippen LogP contribution in [0, 0.1) is 0 Å². The predicted octanol–water partition coefficient (Wildman–Crippen LogP) is 7.53. The smallest absolute Gasteiger partial charge is 0.312 e. The lowest BCUT2D eigenvalue weighted by atomic mass is 10.0. The van der Waals surface area contributed by atoms with Crippen LogP contribution in [0.25, 0.3) is 22.2 Å². The number of aryl methyl sites for hydroxylation is 2. The van der Waals surface area contributed by atoms with Crippen molar-refractivity contribution in [2.75, 3.05) is 4.90 Å². The summed E-state index contributed by atoms with van der Waals surface area (Å²) in [7, 11) is 0. The normalized spacial score (nSPS) is 11.4. The SMILES string of the molecule is CCCCCCc1c(CCc2ccccc2)nnnc1N(c1nc2ccccc2o1)c1nc2ccccc2o1. The number of benzene rings is 3. The highest BCUT2D eigenvalue weighted by molar-refractivity contribution is 5.80. The van der Waals surface area contributed by atoms with Gasteiger partial charge in [0.2, 0.25) is 0 Å². The Kier molecular flexibility index (Phi) is 7.25. The summed E-state index contributed by atoms with van der Waals surface area (Å²) in [6.07, 6.45) is 6.89. The summed E-state index contributed by atoms with van der Waals surface area (Å²) >= 11 is 0. The molecule has 8 nitrogen and oxygen atoms in total. The van der Waals surface area contributed by atoms with E-state index < -0.39 is 0 Å². The summed E-state index contributed by atoms with van der Waals surface area (Å²) in [5.41, 5.74) is 6.01. The Morgan fingerprint density at radius 3 is 1.92 bits per heavy atom. The molecule has 0 saturated carbocycles. The van der Waals surface area contributed by atoms with Crippen molar-refractivity contribution in [3.8, 4) is 0 Å². The number of rotatable bonds is 11. The molecular weight excluding hydrogens is 488 g/mol. The van der Waals surface area contributed by atoms with Gasteiger partial charge in [0.25, 0.3) is 0 Å². The monoisotopic (exact) mass is 518 g/mol. The summed E-state index contributed by atoms with van der Waals surface area (Å²) in [6, 6.07) is 26.4. The molecule has 8 heteroatoms. The summed E-state index contributed by atoms with van der Waals surface area (Å²) in [4.78, 5) is 11.3. The molecule has 0 fully saturated rings. The summed E-state index contributed by atoms with van der Waals surface area (Å²) in [6.45, 7) is 2.22. The maximum atomic E-state index is 6.23. The molecule has 0 amide bonds. The second-order valence-electron chi connectivity index (χ2n) is 9.60. The molecule has 0 saturated heterocycles. The largest absolute Gasteiger partial charge is 0.423 e. The zero-order valence-electron chi connectivity index (χ0n) is 22.0. The Balaban J connectivity index is 1.47. The van der Waals surface area contributed by atoms with Gasteiger partial charge in [-0.2, -0.15) is 14.9 Å². The van der Waals surface area contributed by atoms with Gasteiger partial charge in [0, 0.05) is 5.56 Å². The van der Waals surface area contributed by atoms with Gasteiger partial charge in [-0.3, -0.25) is 0 Å².